The molecule has 1 aromatic heterocycles. The molecule has 0 saturated carbocycles. The van der Waals surface area contributed by atoms with E-state index in [-0.39, 0.29) is 11.3 Å². The SMILES string of the molecule is Nc1sc(F)c(F)c1F. The Kier molecular flexibility index (Phi) is 1.36. The van der Waals surface area contributed by atoms with Crippen LogP contribution in [0.3, 0.4) is 0 Å². The first-order valence-electron chi connectivity index (χ1n) is 2.01. The highest BCUT2D eigenvalue weighted by molar-refractivity contribution is 7.14. The molecule has 0 unspecified atom stereocenters. The maximum absolute atomic E-state index is 12.0. The highest BCUT2D eigenvalue weighted by Crippen LogP contribution is 2.25. The predicted molar refractivity (Wildman–Crippen MR) is 28.6 cm³/mol. The van der Waals surface area contributed by atoms with Crippen LogP contribution in [0.4, 0.5) is 18.2 Å². The molecule has 0 bridgehead atoms. The molecule has 0 spiro atoms. The van der Waals surface area contributed by atoms with Gasteiger partial charge in [-0.15, -0.1) is 0 Å². The second kappa shape index (κ2) is 1.91. The third-order valence-electron chi connectivity index (χ3n) is 0.781. The summed E-state index contributed by atoms with van der Waals surface area (Å²) in [7, 11) is 0. The van der Waals surface area contributed by atoms with Crippen LogP contribution < -0.4 is 5.73 Å². The van der Waals surface area contributed by atoms with E-state index in [0.29, 0.717) is 0 Å². The average Bonchev–Trinajstić information content (AvgIpc) is 1.98. The summed E-state index contributed by atoms with van der Waals surface area (Å²) in [5.74, 6) is -2.78. The fourth-order valence-corrected chi connectivity index (χ4v) is 0.932. The zero-order valence-corrected chi connectivity index (χ0v) is 4.94. The lowest BCUT2D eigenvalue weighted by molar-refractivity contribution is 0.469. The summed E-state index contributed by atoms with van der Waals surface area (Å²) in [4.78, 5) is 0. The average molecular weight is 153 g/mol. The maximum atomic E-state index is 12.0. The van der Waals surface area contributed by atoms with Crippen LogP contribution in [0.25, 0.3) is 0 Å². The monoisotopic (exact) mass is 153 g/mol. The Morgan fingerprint density at radius 2 is 1.67 bits per heavy atom. The quantitative estimate of drug-likeness (QED) is 0.603. The van der Waals surface area contributed by atoms with Crippen LogP contribution in [0, 0.1) is 16.8 Å². The summed E-state index contributed by atoms with van der Waals surface area (Å²) in [6, 6.07) is 0. The van der Waals surface area contributed by atoms with Gasteiger partial charge in [0.15, 0.2) is 5.82 Å². The van der Waals surface area contributed by atoms with Gasteiger partial charge in [-0.05, 0) is 0 Å². The lowest BCUT2D eigenvalue weighted by atomic mass is 10.5. The van der Waals surface area contributed by atoms with Crippen molar-refractivity contribution in [1.82, 2.24) is 0 Å². The minimum absolute atomic E-state index is 0.257. The van der Waals surface area contributed by atoms with E-state index in [9.17, 15) is 13.2 Å². The molecule has 0 aromatic carbocycles. The van der Waals surface area contributed by atoms with Crippen LogP contribution in [-0.4, -0.2) is 0 Å². The Bertz CT molecular complexity index is 209. The third-order valence-corrected chi connectivity index (χ3v) is 1.54. The third kappa shape index (κ3) is 0.873. The number of thiophene rings is 1. The van der Waals surface area contributed by atoms with Crippen LogP contribution in [0.15, 0.2) is 0 Å². The van der Waals surface area contributed by atoms with Gasteiger partial charge < -0.3 is 5.73 Å². The minimum atomic E-state index is -1.49. The summed E-state index contributed by atoms with van der Waals surface area (Å²) in [6.45, 7) is 0. The normalized spacial score (nSPS) is 10.1. The van der Waals surface area contributed by atoms with Crippen molar-refractivity contribution in [2.24, 2.45) is 0 Å². The summed E-state index contributed by atoms with van der Waals surface area (Å²) < 4.78 is 35.9. The van der Waals surface area contributed by atoms with Gasteiger partial charge in [0.05, 0.1) is 0 Å². The molecule has 1 rings (SSSR count). The predicted octanol–water partition coefficient (Wildman–Crippen LogP) is 1.75. The van der Waals surface area contributed by atoms with Gasteiger partial charge in [-0.3, -0.25) is 0 Å². The number of nitrogen functional groups attached to an aromatic ring is 1. The first-order valence-corrected chi connectivity index (χ1v) is 2.83. The van der Waals surface area contributed by atoms with Crippen molar-refractivity contribution < 1.29 is 13.2 Å². The van der Waals surface area contributed by atoms with Gasteiger partial charge in [0.2, 0.25) is 10.9 Å². The number of hydrogen-bond acceptors (Lipinski definition) is 2. The Hall–Kier alpha value is -0.710. The lowest BCUT2D eigenvalue weighted by Crippen LogP contribution is -1.84. The van der Waals surface area contributed by atoms with Crippen LogP contribution in [0.5, 0.6) is 0 Å². The highest BCUT2D eigenvalue weighted by Gasteiger charge is 2.15. The van der Waals surface area contributed by atoms with Gasteiger partial charge in [-0.1, -0.05) is 11.3 Å². The zero-order chi connectivity index (χ0) is 7.02. The van der Waals surface area contributed by atoms with E-state index in [1.165, 1.54) is 0 Å². The van der Waals surface area contributed by atoms with Gasteiger partial charge >= 0.3 is 0 Å². The summed E-state index contributed by atoms with van der Waals surface area (Å²) in [6.07, 6.45) is 0. The van der Waals surface area contributed by atoms with E-state index in [0.717, 1.165) is 0 Å². The van der Waals surface area contributed by atoms with Crippen molar-refractivity contribution in [2.45, 2.75) is 0 Å². The number of hydrogen-bond donors (Lipinski definition) is 1. The van der Waals surface area contributed by atoms with Crippen molar-refractivity contribution in [3.05, 3.63) is 16.8 Å². The molecule has 0 saturated heterocycles. The second-order valence-electron chi connectivity index (χ2n) is 1.37. The van der Waals surface area contributed by atoms with Crippen LogP contribution in [0.2, 0.25) is 0 Å². The van der Waals surface area contributed by atoms with Gasteiger partial charge in [0.1, 0.15) is 5.00 Å². The van der Waals surface area contributed by atoms with E-state index in [1.807, 2.05) is 0 Å². The molecular weight excluding hydrogens is 151 g/mol. The second-order valence-corrected chi connectivity index (χ2v) is 2.37. The molecular formula is C4H2F3NS. The standard InChI is InChI=1S/C4H2F3NS/c5-1-2(6)4(8)9-3(1)7/h8H2. The topological polar surface area (TPSA) is 26.0 Å². The minimum Gasteiger partial charge on any atom is -0.388 e. The van der Waals surface area contributed by atoms with Gasteiger partial charge in [0, 0.05) is 0 Å². The van der Waals surface area contributed by atoms with Crippen molar-refractivity contribution >= 4 is 16.3 Å². The maximum Gasteiger partial charge on any atom is 0.217 e. The largest absolute Gasteiger partial charge is 0.388 e. The zero-order valence-electron chi connectivity index (χ0n) is 4.12. The van der Waals surface area contributed by atoms with Crippen molar-refractivity contribution in [3.63, 3.8) is 0 Å². The van der Waals surface area contributed by atoms with Crippen molar-refractivity contribution in [3.8, 4) is 0 Å². The number of nitrogens with two attached hydrogens (primary N) is 1. The van der Waals surface area contributed by atoms with E-state index in [1.54, 1.807) is 0 Å². The molecule has 0 aliphatic heterocycles. The molecule has 0 fully saturated rings. The molecule has 1 heterocycles. The highest BCUT2D eigenvalue weighted by atomic mass is 32.1. The number of rotatable bonds is 0. The lowest BCUT2D eigenvalue weighted by Gasteiger charge is -1.78. The fourth-order valence-electron chi connectivity index (χ4n) is 0.381. The molecule has 50 valence electrons. The Morgan fingerprint density at radius 1 is 1.11 bits per heavy atom. The molecule has 2 N–H and O–H groups in total. The Morgan fingerprint density at radius 3 is 1.78 bits per heavy atom. The van der Waals surface area contributed by atoms with Crippen LogP contribution >= 0.6 is 11.3 Å². The Balaban J connectivity index is 3.29. The van der Waals surface area contributed by atoms with Crippen molar-refractivity contribution in [2.75, 3.05) is 5.73 Å². The molecule has 5 heteroatoms. The molecule has 0 atom stereocenters. The molecule has 0 aliphatic carbocycles. The van der Waals surface area contributed by atoms with E-state index >= 15 is 0 Å². The molecule has 0 amide bonds. The smallest absolute Gasteiger partial charge is 0.217 e. The summed E-state index contributed by atoms with van der Waals surface area (Å²) in [5.41, 5.74) is 4.80. The molecule has 0 radical (unpaired) electrons. The van der Waals surface area contributed by atoms with Crippen LogP contribution in [-0.2, 0) is 0 Å². The first-order chi connectivity index (χ1) is 4.13. The van der Waals surface area contributed by atoms with Crippen LogP contribution in [0.1, 0.15) is 0 Å². The summed E-state index contributed by atoms with van der Waals surface area (Å²) >= 11 is 0.257. The fraction of sp³-hybridized carbons (Fsp3) is 0. The molecule has 1 aromatic rings. The van der Waals surface area contributed by atoms with E-state index < -0.39 is 21.8 Å². The molecule has 9 heavy (non-hydrogen) atoms. The number of anilines is 1. The van der Waals surface area contributed by atoms with Crippen molar-refractivity contribution in [1.29, 1.82) is 0 Å². The first kappa shape index (κ1) is 6.41. The molecule has 1 nitrogen and oxygen atoms in total. The van der Waals surface area contributed by atoms with Gasteiger partial charge in [-0.25, -0.2) is 4.39 Å². The van der Waals surface area contributed by atoms with Gasteiger partial charge in [0.25, 0.3) is 0 Å². The van der Waals surface area contributed by atoms with E-state index in [2.05, 4.69) is 0 Å². The number of halogens is 3. The summed E-state index contributed by atoms with van der Waals surface area (Å²) in [5, 5.41) is -1.66. The Labute approximate surface area is 52.9 Å². The van der Waals surface area contributed by atoms with Gasteiger partial charge in [-0.2, -0.15) is 8.78 Å². The molecule has 0 aliphatic rings. The van der Waals surface area contributed by atoms with E-state index in [4.69, 9.17) is 5.73 Å².